The van der Waals surface area contributed by atoms with Crippen LogP contribution in [0.3, 0.4) is 0 Å². The molecular formula is C13H19O11-. The van der Waals surface area contributed by atoms with E-state index in [9.17, 15) is 29.4 Å². The smallest absolute Gasteiger partial charge is 0.335 e. The maximum Gasteiger partial charge on any atom is 0.335 e. The standard InChI is InChI=1S/C13H20O11/c1-21-8(3-10(15)16)12(19)23-5-7(14)6-24-13(20)9(22-2)4-11(17)18/h7-9,14H,3-6H2,1-2H3,(H,15,16)(H,17,18)/p-1/t7?,8-,9+. The molecule has 0 heterocycles. The fourth-order valence-corrected chi connectivity index (χ4v) is 1.43. The molecule has 1 unspecified atom stereocenters. The van der Waals surface area contributed by atoms with Gasteiger partial charge in [-0.25, -0.2) is 9.59 Å². The monoisotopic (exact) mass is 351 g/mol. The summed E-state index contributed by atoms with van der Waals surface area (Å²) in [4.78, 5) is 43.9. The molecule has 11 heteroatoms. The van der Waals surface area contributed by atoms with Crippen LogP contribution >= 0.6 is 0 Å². The fraction of sp³-hybridized carbons (Fsp3) is 0.692. The molecule has 0 aromatic heterocycles. The van der Waals surface area contributed by atoms with Crippen LogP contribution in [-0.2, 0) is 38.1 Å². The van der Waals surface area contributed by atoms with Crippen LogP contribution in [0.2, 0.25) is 0 Å². The minimum atomic E-state index is -1.52. The molecule has 0 aliphatic rings. The molecule has 0 aliphatic heterocycles. The molecule has 0 saturated carbocycles. The molecule has 24 heavy (non-hydrogen) atoms. The molecule has 0 rings (SSSR count). The highest BCUT2D eigenvalue weighted by atomic mass is 16.6. The predicted octanol–water partition coefficient (Wildman–Crippen LogP) is -2.92. The zero-order valence-corrected chi connectivity index (χ0v) is 13.1. The first kappa shape index (κ1) is 21.8. The van der Waals surface area contributed by atoms with Crippen molar-refractivity contribution in [1.82, 2.24) is 0 Å². The second-order valence-electron chi connectivity index (χ2n) is 4.54. The number of hydrogen-bond acceptors (Lipinski definition) is 10. The first-order valence-corrected chi connectivity index (χ1v) is 6.69. The summed E-state index contributed by atoms with van der Waals surface area (Å²) in [5, 5.41) is 28.5. The Balaban J connectivity index is 4.23. The molecule has 0 saturated heterocycles. The molecule has 0 bridgehead atoms. The Labute approximate surface area is 137 Å². The van der Waals surface area contributed by atoms with E-state index in [-0.39, 0.29) is 0 Å². The fourth-order valence-electron chi connectivity index (χ4n) is 1.43. The number of aliphatic hydroxyl groups is 1. The average Bonchev–Trinajstić information content (AvgIpc) is 2.52. The van der Waals surface area contributed by atoms with Gasteiger partial charge in [0, 0.05) is 26.6 Å². The molecular weight excluding hydrogens is 332 g/mol. The molecule has 0 fully saturated rings. The average molecular weight is 351 g/mol. The Morgan fingerprint density at radius 2 is 1.33 bits per heavy atom. The van der Waals surface area contributed by atoms with E-state index in [1.165, 1.54) is 0 Å². The molecule has 0 amide bonds. The van der Waals surface area contributed by atoms with Crippen molar-refractivity contribution >= 4 is 23.9 Å². The van der Waals surface area contributed by atoms with Crippen molar-refractivity contribution in [2.24, 2.45) is 0 Å². The van der Waals surface area contributed by atoms with Gasteiger partial charge in [-0.1, -0.05) is 0 Å². The lowest BCUT2D eigenvalue weighted by Gasteiger charge is -2.17. The summed E-state index contributed by atoms with van der Waals surface area (Å²) < 4.78 is 18.5. The van der Waals surface area contributed by atoms with E-state index in [2.05, 4.69) is 18.9 Å². The Morgan fingerprint density at radius 3 is 1.67 bits per heavy atom. The van der Waals surface area contributed by atoms with Crippen LogP contribution in [0.1, 0.15) is 12.8 Å². The molecule has 138 valence electrons. The van der Waals surface area contributed by atoms with Gasteiger partial charge in [0.2, 0.25) is 0 Å². The maximum absolute atomic E-state index is 11.5. The van der Waals surface area contributed by atoms with Crippen LogP contribution in [0.15, 0.2) is 0 Å². The summed E-state index contributed by atoms with van der Waals surface area (Å²) in [6.45, 7) is -1.17. The third kappa shape index (κ3) is 9.02. The van der Waals surface area contributed by atoms with Crippen molar-refractivity contribution in [1.29, 1.82) is 0 Å². The Kier molecular flexibility index (Phi) is 10.3. The molecule has 2 N–H and O–H groups in total. The number of carbonyl (C=O) groups excluding carboxylic acids is 3. The van der Waals surface area contributed by atoms with Gasteiger partial charge in [0.05, 0.1) is 6.42 Å². The van der Waals surface area contributed by atoms with Gasteiger partial charge < -0.3 is 39.1 Å². The van der Waals surface area contributed by atoms with Crippen LogP contribution in [0.25, 0.3) is 0 Å². The minimum absolute atomic E-state index is 0.580. The zero-order valence-electron chi connectivity index (χ0n) is 13.1. The number of aliphatic carboxylic acids is 2. The zero-order chi connectivity index (χ0) is 18.7. The summed E-state index contributed by atoms with van der Waals surface area (Å²) in [6.07, 6.45) is -5.46. The van der Waals surface area contributed by atoms with Crippen LogP contribution in [0.4, 0.5) is 0 Å². The number of rotatable bonds is 12. The van der Waals surface area contributed by atoms with Gasteiger partial charge in [0.25, 0.3) is 0 Å². The lowest BCUT2D eigenvalue weighted by molar-refractivity contribution is -0.307. The topological polar surface area (TPSA) is 169 Å². The van der Waals surface area contributed by atoms with Crippen molar-refractivity contribution in [2.45, 2.75) is 31.2 Å². The quantitative estimate of drug-likeness (QED) is 0.345. The Hall–Kier alpha value is -2.24. The molecule has 0 radical (unpaired) electrons. The van der Waals surface area contributed by atoms with Crippen molar-refractivity contribution in [3.8, 4) is 0 Å². The van der Waals surface area contributed by atoms with E-state index < -0.39 is 68.2 Å². The van der Waals surface area contributed by atoms with E-state index >= 15 is 0 Å². The van der Waals surface area contributed by atoms with Crippen LogP contribution in [0.5, 0.6) is 0 Å². The molecule has 0 spiro atoms. The summed E-state index contributed by atoms with van der Waals surface area (Å²) in [6, 6.07) is 0. The minimum Gasteiger partial charge on any atom is -0.550 e. The largest absolute Gasteiger partial charge is 0.550 e. The number of esters is 2. The van der Waals surface area contributed by atoms with E-state index in [0.717, 1.165) is 14.2 Å². The first-order valence-electron chi connectivity index (χ1n) is 6.69. The van der Waals surface area contributed by atoms with Gasteiger partial charge in [-0.15, -0.1) is 0 Å². The van der Waals surface area contributed by atoms with Gasteiger partial charge in [0.1, 0.15) is 19.3 Å². The molecule has 0 aromatic rings. The predicted molar refractivity (Wildman–Crippen MR) is 71.4 cm³/mol. The molecule has 11 nitrogen and oxygen atoms in total. The first-order chi connectivity index (χ1) is 11.2. The van der Waals surface area contributed by atoms with E-state index in [0.29, 0.717) is 0 Å². The van der Waals surface area contributed by atoms with Crippen LogP contribution in [0, 0.1) is 0 Å². The van der Waals surface area contributed by atoms with Crippen molar-refractivity contribution in [2.75, 3.05) is 27.4 Å². The summed E-state index contributed by atoms with van der Waals surface area (Å²) in [7, 11) is 2.22. The number of aliphatic hydroxyl groups excluding tert-OH is 1. The summed E-state index contributed by atoms with van der Waals surface area (Å²) in [5.41, 5.74) is 0. The van der Waals surface area contributed by atoms with Crippen LogP contribution < -0.4 is 5.11 Å². The lowest BCUT2D eigenvalue weighted by Crippen LogP contribution is -2.36. The Morgan fingerprint density at radius 1 is 0.917 bits per heavy atom. The maximum atomic E-state index is 11.5. The third-order valence-corrected chi connectivity index (χ3v) is 2.64. The van der Waals surface area contributed by atoms with E-state index in [1.54, 1.807) is 0 Å². The summed E-state index contributed by atoms with van der Waals surface area (Å²) in [5.74, 6) is -4.83. The third-order valence-electron chi connectivity index (χ3n) is 2.64. The highest BCUT2D eigenvalue weighted by Crippen LogP contribution is 2.03. The number of carbonyl (C=O) groups is 4. The van der Waals surface area contributed by atoms with Crippen molar-refractivity contribution < 1.29 is 53.4 Å². The number of carboxylic acids is 2. The van der Waals surface area contributed by atoms with Crippen LogP contribution in [-0.4, -0.2) is 79.8 Å². The number of hydrogen-bond donors (Lipinski definition) is 2. The van der Waals surface area contributed by atoms with Gasteiger partial charge in [-0.3, -0.25) is 4.79 Å². The normalized spacial score (nSPS) is 14.3. The van der Waals surface area contributed by atoms with Gasteiger partial charge >= 0.3 is 17.9 Å². The summed E-state index contributed by atoms with van der Waals surface area (Å²) >= 11 is 0. The number of methoxy groups -OCH3 is 2. The SMILES string of the molecule is CO[C@@H](CC(=O)O)C(=O)OCC(O)COC(=O)[C@@H](CC(=O)[O-])OC. The van der Waals surface area contributed by atoms with Crippen molar-refractivity contribution in [3.05, 3.63) is 0 Å². The van der Waals surface area contributed by atoms with Gasteiger partial charge in [-0.05, 0) is 0 Å². The second kappa shape index (κ2) is 11.3. The van der Waals surface area contributed by atoms with E-state index in [1.807, 2.05) is 0 Å². The van der Waals surface area contributed by atoms with Crippen molar-refractivity contribution in [3.63, 3.8) is 0 Å². The second-order valence-corrected chi connectivity index (χ2v) is 4.54. The molecule has 0 aromatic carbocycles. The molecule has 0 aliphatic carbocycles. The van der Waals surface area contributed by atoms with E-state index in [4.69, 9.17) is 5.11 Å². The number of carboxylic acid groups (broad SMARTS) is 2. The highest BCUT2D eigenvalue weighted by Gasteiger charge is 2.25. The highest BCUT2D eigenvalue weighted by molar-refractivity contribution is 5.81. The van der Waals surface area contributed by atoms with Gasteiger partial charge in [-0.2, -0.15) is 0 Å². The lowest BCUT2D eigenvalue weighted by atomic mass is 10.2. The van der Waals surface area contributed by atoms with Gasteiger partial charge in [0.15, 0.2) is 12.2 Å². The number of ether oxygens (including phenoxy) is 4. The Bertz CT molecular complexity index is 407. The molecule has 3 atom stereocenters.